The minimum atomic E-state index is -0.883. The zero-order valence-electron chi connectivity index (χ0n) is 23.9. The van der Waals surface area contributed by atoms with Crippen molar-refractivity contribution in [3.8, 4) is 0 Å². The third kappa shape index (κ3) is 26.9. The summed E-state index contributed by atoms with van der Waals surface area (Å²) in [5.41, 5.74) is 1.24. The minimum absolute atomic E-state index is 0.0119. The highest BCUT2D eigenvalue weighted by atomic mass is 79.9. The van der Waals surface area contributed by atoms with E-state index >= 15 is 0 Å². The molecule has 0 spiro atoms. The number of nitrogens with one attached hydrogen (secondary N) is 1. The maximum Gasteiger partial charge on any atom is 0.305 e. The van der Waals surface area contributed by atoms with Crippen molar-refractivity contribution in [2.24, 2.45) is 0 Å². The number of halogens is 1. The number of carboxylic acids is 1. The van der Waals surface area contributed by atoms with Gasteiger partial charge in [-0.25, -0.2) is 0 Å². The summed E-state index contributed by atoms with van der Waals surface area (Å²) >= 11 is 3.42. The molecule has 236 valence electrons. The van der Waals surface area contributed by atoms with E-state index in [9.17, 15) is 9.59 Å². The lowest BCUT2D eigenvalue weighted by molar-refractivity contribution is -0.138. The molecule has 0 heterocycles. The lowest BCUT2D eigenvalue weighted by Gasteiger charge is -2.09. The summed E-state index contributed by atoms with van der Waals surface area (Å²) in [7, 11) is 0. The quantitative estimate of drug-likeness (QED) is 0.118. The van der Waals surface area contributed by atoms with E-state index in [1.807, 2.05) is 12.1 Å². The van der Waals surface area contributed by atoms with Crippen LogP contribution in [0.5, 0.6) is 0 Å². The Hall–Kier alpha value is -1.68. The highest BCUT2D eigenvalue weighted by Crippen LogP contribution is 2.10. The predicted octanol–water partition coefficient (Wildman–Crippen LogP) is 2.11. The third-order valence-corrected chi connectivity index (χ3v) is 5.71. The number of carbonyl (C=O) groups excluding carboxylic acids is 1. The number of rotatable bonds is 30. The number of amides is 1. The predicted molar refractivity (Wildman–Crippen MR) is 154 cm³/mol. The van der Waals surface area contributed by atoms with Gasteiger partial charge in [0.2, 0.25) is 5.91 Å². The lowest BCUT2D eigenvalue weighted by Crippen LogP contribution is -2.28. The Labute approximate surface area is 251 Å². The molecule has 0 aromatic heterocycles. The van der Waals surface area contributed by atoms with Gasteiger partial charge in [-0.3, -0.25) is 9.59 Å². The molecule has 0 saturated heterocycles. The summed E-state index contributed by atoms with van der Waals surface area (Å²) in [6.07, 6.45) is 1.14. The van der Waals surface area contributed by atoms with Gasteiger partial charge in [-0.1, -0.05) is 28.1 Å². The van der Waals surface area contributed by atoms with E-state index in [2.05, 4.69) is 33.4 Å². The maximum absolute atomic E-state index is 11.8. The zero-order chi connectivity index (χ0) is 29.6. The van der Waals surface area contributed by atoms with E-state index in [-0.39, 0.29) is 25.4 Å². The first-order valence-corrected chi connectivity index (χ1v) is 14.7. The second-order valence-corrected chi connectivity index (χ2v) is 9.43. The van der Waals surface area contributed by atoms with Gasteiger partial charge >= 0.3 is 5.97 Å². The van der Waals surface area contributed by atoms with Crippen LogP contribution in [0.1, 0.15) is 18.4 Å². The van der Waals surface area contributed by atoms with Crippen molar-refractivity contribution in [2.75, 3.05) is 112 Å². The number of hydrogen-bond acceptors (Lipinski definition) is 10. The van der Waals surface area contributed by atoms with Crippen LogP contribution in [0.15, 0.2) is 28.7 Å². The van der Waals surface area contributed by atoms with Gasteiger partial charge in [-0.2, -0.15) is 0 Å². The largest absolute Gasteiger partial charge is 0.481 e. The van der Waals surface area contributed by atoms with Crippen molar-refractivity contribution in [3.05, 3.63) is 34.3 Å². The first kappa shape index (κ1) is 37.3. The molecular weight excluding hydrogens is 606 g/mol. The highest BCUT2D eigenvalue weighted by Gasteiger charge is 2.01. The molecule has 0 aliphatic rings. The van der Waals surface area contributed by atoms with Crippen molar-refractivity contribution in [1.82, 2.24) is 5.32 Å². The Bertz CT molecular complexity index is 755. The average molecular weight is 653 g/mol. The fraction of sp³-hybridized carbons (Fsp3) is 0.714. The summed E-state index contributed by atoms with van der Waals surface area (Å²) < 4.78 is 44.2. The van der Waals surface area contributed by atoms with Crippen molar-refractivity contribution >= 4 is 27.8 Å². The summed E-state index contributed by atoms with van der Waals surface area (Å²) in [6, 6.07) is 8.21. The number of ether oxygens (including phenoxy) is 8. The third-order valence-electron chi connectivity index (χ3n) is 5.18. The first-order valence-electron chi connectivity index (χ1n) is 13.9. The molecule has 0 atom stereocenters. The van der Waals surface area contributed by atoms with E-state index in [0.29, 0.717) is 106 Å². The van der Waals surface area contributed by atoms with Crippen LogP contribution < -0.4 is 5.32 Å². The van der Waals surface area contributed by atoms with Gasteiger partial charge in [0.25, 0.3) is 0 Å². The second kappa shape index (κ2) is 28.4. The molecule has 0 fully saturated rings. The molecule has 0 bridgehead atoms. The minimum Gasteiger partial charge on any atom is -0.481 e. The summed E-state index contributed by atoms with van der Waals surface area (Å²) in [6.45, 7) is 7.35. The van der Waals surface area contributed by atoms with Crippen LogP contribution >= 0.6 is 15.9 Å². The van der Waals surface area contributed by atoms with Crippen LogP contribution in [0.2, 0.25) is 0 Å². The van der Waals surface area contributed by atoms with Crippen molar-refractivity contribution in [1.29, 1.82) is 0 Å². The molecule has 13 heteroatoms. The van der Waals surface area contributed by atoms with Gasteiger partial charge in [0.05, 0.1) is 112 Å². The fourth-order valence-corrected chi connectivity index (χ4v) is 3.30. The molecule has 0 radical (unpaired) electrons. The van der Waals surface area contributed by atoms with Crippen LogP contribution in [-0.2, 0) is 53.9 Å². The van der Waals surface area contributed by atoms with Crippen LogP contribution in [0.4, 0.5) is 0 Å². The molecule has 0 aliphatic heterocycles. The Kier molecular flexibility index (Phi) is 25.9. The molecule has 1 rings (SSSR count). The Balaban J connectivity index is 1.70. The van der Waals surface area contributed by atoms with Gasteiger partial charge in [0.1, 0.15) is 0 Å². The second-order valence-electron chi connectivity index (χ2n) is 8.52. The molecule has 41 heavy (non-hydrogen) atoms. The summed E-state index contributed by atoms with van der Waals surface area (Å²) in [5.74, 6) is -0.978. The van der Waals surface area contributed by atoms with Gasteiger partial charge in [0.15, 0.2) is 0 Å². The number of aliphatic carboxylic acids is 1. The zero-order valence-corrected chi connectivity index (χ0v) is 25.4. The van der Waals surface area contributed by atoms with Crippen molar-refractivity contribution in [2.45, 2.75) is 19.3 Å². The summed E-state index contributed by atoms with van der Waals surface area (Å²) in [4.78, 5) is 22.1. The van der Waals surface area contributed by atoms with E-state index < -0.39 is 5.97 Å². The monoisotopic (exact) mass is 651 g/mol. The van der Waals surface area contributed by atoms with E-state index in [0.717, 1.165) is 10.9 Å². The molecule has 0 saturated carbocycles. The number of carboxylic acid groups (broad SMARTS) is 1. The number of carbonyl (C=O) groups is 2. The van der Waals surface area contributed by atoms with Crippen LogP contribution in [-0.4, -0.2) is 129 Å². The Morgan fingerprint density at radius 1 is 0.561 bits per heavy atom. The van der Waals surface area contributed by atoms with Gasteiger partial charge in [-0.15, -0.1) is 0 Å². The first-order chi connectivity index (χ1) is 20.1. The van der Waals surface area contributed by atoms with Gasteiger partial charge in [0, 0.05) is 17.4 Å². The molecule has 1 aromatic rings. The van der Waals surface area contributed by atoms with E-state index in [1.165, 1.54) is 5.56 Å². The standard InChI is InChI=1S/C28H46BrNO11/c29-26-3-1-25(2-4-26)5-9-34-13-17-38-21-22-39-18-14-35-10-6-27(31)30-8-12-37-16-20-41-24-23-40-19-15-36-11-7-28(32)33/h1-4H,5-24H2,(H,30,31)(H,32,33). The molecule has 1 amide bonds. The fourth-order valence-electron chi connectivity index (χ4n) is 3.04. The Morgan fingerprint density at radius 2 is 0.951 bits per heavy atom. The molecule has 2 N–H and O–H groups in total. The normalized spacial score (nSPS) is 11.1. The van der Waals surface area contributed by atoms with Gasteiger partial charge < -0.3 is 48.3 Å². The van der Waals surface area contributed by atoms with E-state index in [4.69, 9.17) is 43.0 Å². The molecule has 1 aromatic carbocycles. The summed E-state index contributed by atoms with van der Waals surface area (Å²) in [5, 5.41) is 11.2. The SMILES string of the molecule is O=C(O)CCOCCOCCOCCOCCNC(=O)CCOCCOCCOCCOCCc1ccc(Br)cc1. The maximum atomic E-state index is 11.8. The van der Waals surface area contributed by atoms with Crippen LogP contribution in [0.25, 0.3) is 0 Å². The molecule has 0 unspecified atom stereocenters. The van der Waals surface area contributed by atoms with Crippen molar-refractivity contribution in [3.63, 3.8) is 0 Å². The molecular formula is C28H46BrNO11. The van der Waals surface area contributed by atoms with Gasteiger partial charge in [-0.05, 0) is 24.1 Å². The van der Waals surface area contributed by atoms with Crippen LogP contribution in [0, 0.1) is 0 Å². The van der Waals surface area contributed by atoms with E-state index in [1.54, 1.807) is 0 Å². The molecule has 0 aliphatic carbocycles. The highest BCUT2D eigenvalue weighted by molar-refractivity contribution is 9.10. The van der Waals surface area contributed by atoms with Crippen molar-refractivity contribution < 1.29 is 52.6 Å². The topological polar surface area (TPSA) is 140 Å². The smallest absolute Gasteiger partial charge is 0.305 e. The molecule has 12 nitrogen and oxygen atoms in total. The average Bonchev–Trinajstić information content (AvgIpc) is 2.96. The lowest BCUT2D eigenvalue weighted by atomic mass is 10.2. The van der Waals surface area contributed by atoms with Crippen LogP contribution in [0.3, 0.4) is 0 Å². The Morgan fingerprint density at radius 3 is 1.41 bits per heavy atom. The number of hydrogen-bond donors (Lipinski definition) is 2. The number of benzene rings is 1.